The van der Waals surface area contributed by atoms with E-state index in [1.54, 1.807) is 4.68 Å². The van der Waals surface area contributed by atoms with Gasteiger partial charge in [-0.15, -0.1) is 5.10 Å². The molecule has 2 aromatic rings. The highest BCUT2D eigenvalue weighted by atomic mass is 15.5. The molecule has 1 aliphatic rings. The highest BCUT2D eigenvalue weighted by Gasteiger charge is 2.21. The fourth-order valence-electron chi connectivity index (χ4n) is 2.97. The summed E-state index contributed by atoms with van der Waals surface area (Å²) in [5.74, 6) is 1.54. The van der Waals surface area contributed by atoms with Crippen LogP contribution >= 0.6 is 0 Å². The van der Waals surface area contributed by atoms with Crippen molar-refractivity contribution in [3.05, 3.63) is 24.3 Å². The third kappa shape index (κ3) is 2.66. The lowest BCUT2D eigenvalue weighted by Gasteiger charge is -2.30. The van der Waals surface area contributed by atoms with Crippen molar-refractivity contribution < 1.29 is 0 Å². The number of anilines is 1. The molecule has 1 heterocycles. The SMILES string of the molecule is CC1CCCCC1Nc1cccc(-c2nnnn2C)c1. The van der Waals surface area contributed by atoms with Crippen LogP contribution in [0.2, 0.25) is 0 Å². The Labute approximate surface area is 119 Å². The molecular weight excluding hydrogens is 250 g/mol. The van der Waals surface area contributed by atoms with E-state index in [4.69, 9.17) is 0 Å². The summed E-state index contributed by atoms with van der Waals surface area (Å²) in [6.07, 6.45) is 5.28. The van der Waals surface area contributed by atoms with Crippen LogP contribution in [0.5, 0.6) is 0 Å². The average molecular weight is 271 g/mol. The summed E-state index contributed by atoms with van der Waals surface area (Å²) < 4.78 is 1.70. The van der Waals surface area contributed by atoms with Crippen molar-refractivity contribution in [2.75, 3.05) is 5.32 Å². The molecule has 1 fully saturated rings. The van der Waals surface area contributed by atoms with Gasteiger partial charge >= 0.3 is 0 Å². The Morgan fingerprint density at radius 3 is 2.85 bits per heavy atom. The molecule has 0 radical (unpaired) electrons. The smallest absolute Gasteiger partial charge is 0.181 e. The van der Waals surface area contributed by atoms with Crippen LogP contribution < -0.4 is 5.32 Å². The summed E-state index contributed by atoms with van der Waals surface area (Å²) in [4.78, 5) is 0. The monoisotopic (exact) mass is 271 g/mol. The summed E-state index contributed by atoms with van der Waals surface area (Å²) in [5.41, 5.74) is 2.20. The molecule has 1 N–H and O–H groups in total. The molecule has 2 atom stereocenters. The fourth-order valence-corrected chi connectivity index (χ4v) is 2.97. The Hall–Kier alpha value is -1.91. The molecule has 5 heteroatoms. The maximum Gasteiger partial charge on any atom is 0.181 e. The minimum Gasteiger partial charge on any atom is -0.382 e. The number of nitrogens with zero attached hydrogens (tertiary/aromatic N) is 4. The molecular formula is C15H21N5. The van der Waals surface area contributed by atoms with Crippen LogP contribution in [-0.2, 0) is 7.05 Å². The first-order chi connectivity index (χ1) is 9.74. The number of tetrazole rings is 1. The van der Waals surface area contributed by atoms with Gasteiger partial charge < -0.3 is 5.32 Å². The normalized spacial score (nSPS) is 22.7. The molecule has 0 saturated heterocycles. The van der Waals surface area contributed by atoms with Gasteiger partial charge in [0.25, 0.3) is 0 Å². The van der Waals surface area contributed by atoms with Gasteiger partial charge in [-0.1, -0.05) is 31.9 Å². The van der Waals surface area contributed by atoms with E-state index in [9.17, 15) is 0 Å². The number of aryl methyl sites for hydroxylation is 1. The van der Waals surface area contributed by atoms with Crippen LogP contribution in [0.3, 0.4) is 0 Å². The number of rotatable bonds is 3. The molecule has 0 amide bonds. The van der Waals surface area contributed by atoms with Gasteiger partial charge in [0.2, 0.25) is 0 Å². The molecule has 2 unspecified atom stereocenters. The topological polar surface area (TPSA) is 55.6 Å². The lowest BCUT2D eigenvalue weighted by Crippen LogP contribution is -2.30. The van der Waals surface area contributed by atoms with Gasteiger partial charge in [-0.2, -0.15) is 0 Å². The first kappa shape index (κ1) is 13.1. The lowest BCUT2D eigenvalue weighted by molar-refractivity contribution is 0.349. The first-order valence-corrected chi connectivity index (χ1v) is 7.33. The van der Waals surface area contributed by atoms with E-state index in [2.05, 4.69) is 46.0 Å². The zero-order valence-electron chi connectivity index (χ0n) is 12.1. The van der Waals surface area contributed by atoms with Gasteiger partial charge in [0.15, 0.2) is 5.82 Å². The molecule has 1 saturated carbocycles. The van der Waals surface area contributed by atoms with Crippen LogP contribution in [0.4, 0.5) is 5.69 Å². The van der Waals surface area contributed by atoms with E-state index < -0.39 is 0 Å². The predicted octanol–water partition coefficient (Wildman–Crippen LogP) is 2.87. The molecule has 0 spiro atoms. The number of aromatic nitrogens is 4. The maximum atomic E-state index is 4.06. The van der Waals surface area contributed by atoms with Crippen LogP contribution in [0.15, 0.2) is 24.3 Å². The number of nitrogens with one attached hydrogen (secondary N) is 1. The van der Waals surface area contributed by atoms with E-state index in [-0.39, 0.29) is 0 Å². The Morgan fingerprint density at radius 2 is 2.10 bits per heavy atom. The average Bonchev–Trinajstić information content (AvgIpc) is 2.88. The van der Waals surface area contributed by atoms with Gasteiger partial charge in [-0.05, 0) is 41.3 Å². The summed E-state index contributed by atoms with van der Waals surface area (Å²) in [7, 11) is 1.86. The van der Waals surface area contributed by atoms with Crippen LogP contribution in [0.1, 0.15) is 32.6 Å². The van der Waals surface area contributed by atoms with Crippen LogP contribution in [0, 0.1) is 5.92 Å². The van der Waals surface area contributed by atoms with Crippen LogP contribution in [0.25, 0.3) is 11.4 Å². The predicted molar refractivity (Wildman–Crippen MR) is 79.3 cm³/mol. The molecule has 106 valence electrons. The molecule has 20 heavy (non-hydrogen) atoms. The van der Waals surface area contributed by atoms with Crippen molar-refractivity contribution in [2.24, 2.45) is 13.0 Å². The quantitative estimate of drug-likeness (QED) is 0.932. The number of hydrogen-bond acceptors (Lipinski definition) is 4. The maximum absolute atomic E-state index is 4.06. The zero-order valence-corrected chi connectivity index (χ0v) is 12.1. The molecule has 1 aliphatic carbocycles. The Balaban J connectivity index is 1.79. The van der Waals surface area contributed by atoms with Crippen molar-refractivity contribution in [2.45, 2.75) is 38.6 Å². The molecule has 1 aromatic heterocycles. The van der Waals surface area contributed by atoms with E-state index >= 15 is 0 Å². The van der Waals surface area contributed by atoms with Crippen molar-refractivity contribution in [1.82, 2.24) is 20.2 Å². The first-order valence-electron chi connectivity index (χ1n) is 7.33. The fraction of sp³-hybridized carbons (Fsp3) is 0.533. The third-order valence-electron chi connectivity index (χ3n) is 4.20. The van der Waals surface area contributed by atoms with Gasteiger partial charge in [-0.3, -0.25) is 0 Å². The van der Waals surface area contributed by atoms with E-state index in [0.717, 1.165) is 23.0 Å². The summed E-state index contributed by atoms with van der Waals surface area (Å²) in [6, 6.07) is 8.93. The van der Waals surface area contributed by atoms with Gasteiger partial charge in [0.1, 0.15) is 0 Å². The third-order valence-corrected chi connectivity index (χ3v) is 4.20. The summed E-state index contributed by atoms with van der Waals surface area (Å²) >= 11 is 0. The number of hydrogen-bond donors (Lipinski definition) is 1. The Kier molecular flexibility index (Phi) is 3.67. The zero-order chi connectivity index (χ0) is 13.9. The highest BCUT2D eigenvalue weighted by molar-refractivity contribution is 5.62. The van der Waals surface area contributed by atoms with Gasteiger partial charge in [-0.25, -0.2) is 4.68 Å². The van der Waals surface area contributed by atoms with Crippen molar-refractivity contribution in [3.8, 4) is 11.4 Å². The van der Waals surface area contributed by atoms with Crippen molar-refractivity contribution >= 4 is 5.69 Å². The Bertz CT molecular complexity index is 577. The minimum atomic E-state index is 0.580. The second kappa shape index (κ2) is 5.61. The summed E-state index contributed by atoms with van der Waals surface area (Å²) in [6.45, 7) is 2.34. The molecule has 5 nitrogen and oxygen atoms in total. The van der Waals surface area contributed by atoms with E-state index in [0.29, 0.717) is 6.04 Å². The Morgan fingerprint density at radius 1 is 1.25 bits per heavy atom. The molecule has 0 aliphatic heterocycles. The highest BCUT2D eigenvalue weighted by Crippen LogP contribution is 2.28. The molecule has 3 rings (SSSR count). The largest absolute Gasteiger partial charge is 0.382 e. The molecule has 1 aromatic carbocycles. The lowest BCUT2D eigenvalue weighted by atomic mass is 9.86. The number of benzene rings is 1. The van der Waals surface area contributed by atoms with E-state index in [1.165, 1.54) is 25.7 Å². The summed E-state index contributed by atoms with van der Waals surface area (Å²) in [5, 5.41) is 15.3. The molecule has 0 bridgehead atoms. The van der Waals surface area contributed by atoms with Crippen molar-refractivity contribution in [1.29, 1.82) is 0 Å². The van der Waals surface area contributed by atoms with Crippen molar-refractivity contribution in [3.63, 3.8) is 0 Å². The van der Waals surface area contributed by atoms with E-state index in [1.807, 2.05) is 13.1 Å². The van der Waals surface area contributed by atoms with Gasteiger partial charge in [0, 0.05) is 24.3 Å². The van der Waals surface area contributed by atoms with Gasteiger partial charge in [0.05, 0.1) is 0 Å². The minimum absolute atomic E-state index is 0.580. The second-order valence-electron chi connectivity index (χ2n) is 5.72. The standard InChI is InChI=1S/C15H21N5/c1-11-6-3-4-9-14(11)16-13-8-5-7-12(10-13)15-17-18-19-20(15)2/h5,7-8,10-11,14,16H,3-4,6,9H2,1-2H3. The van der Waals surface area contributed by atoms with Crippen LogP contribution in [-0.4, -0.2) is 26.2 Å². The second-order valence-corrected chi connectivity index (χ2v) is 5.72.